The van der Waals surface area contributed by atoms with Crippen LogP contribution < -0.4 is 10.6 Å². The molecule has 3 heterocycles. The van der Waals surface area contributed by atoms with E-state index < -0.39 is 0 Å². The van der Waals surface area contributed by atoms with Gasteiger partial charge in [0.25, 0.3) is 11.8 Å². The summed E-state index contributed by atoms with van der Waals surface area (Å²) in [6.45, 7) is 5.09. The van der Waals surface area contributed by atoms with Crippen LogP contribution in [0, 0.1) is 13.8 Å². The number of carbonyl (C=O) groups is 2. The number of nitrogens with zero attached hydrogens (tertiary/aromatic N) is 2. The minimum Gasteiger partial charge on any atom is -0.358 e. The second kappa shape index (κ2) is 7.13. The van der Waals surface area contributed by atoms with Gasteiger partial charge in [0, 0.05) is 42.4 Å². The van der Waals surface area contributed by atoms with Crippen LogP contribution >= 0.6 is 0 Å². The van der Waals surface area contributed by atoms with Crippen LogP contribution in [-0.2, 0) is 4.79 Å². The molecule has 3 rings (SSSR count). The Morgan fingerprint density at radius 3 is 2.85 bits per heavy atom. The van der Waals surface area contributed by atoms with Crippen LogP contribution in [0.15, 0.2) is 18.5 Å². The van der Waals surface area contributed by atoms with Crippen molar-refractivity contribution in [1.29, 1.82) is 0 Å². The number of anilines is 1. The van der Waals surface area contributed by atoms with Gasteiger partial charge in [-0.2, -0.15) is 0 Å². The first-order chi connectivity index (χ1) is 12.4. The molecule has 1 aliphatic rings. The fourth-order valence-corrected chi connectivity index (χ4v) is 3.06. The molecule has 0 atom stereocenters. The minimum atomic E-state index is -0.170. The second-order valence-corrected chi connectivity index (χ2v) is 6.66. The SMILES string of the molecule is Cc1[nH]c(/C=C2\C(=O)Nc3ccncc32)c(C)c1C(=O)NCCN(C)C. The van der Waals surface area contributed by atoms with Crippen molar-refractivity contribution in [1.82, 2.24) is 20.2 Å². The van der Waals surface area contributed by atoms with Gasteiger partial charge in [-0.15, -0.1) is 0 Å². The van der Waals surface area contributed by atoms with Crippen LogP contribution in [0.1, 0.15) is 32.9 Å². The number of nitrogens with one attached hydrogen (secondary N) is 3. The van der Waals surface area contributed by atoms with E-state index in [4.69, 9.17) is 0 Å². The Hall–Kier alpha value is -2.93. The van der Waals surface area contributed by atoms with E-state index in [1.165, 1.54) is 0 Å². The third-order valence-corrected chi connectivity index (χ3v) is 4.44. The third-order valence-electron chi connectivity index (χ3n) is 4.44. The van der Waals surface area contributed by atoms with E-state index in [9.17, 15) is 9.59 Å². The van der Waals surface area contributed by atoms with Gasteiger partial charge in [-0.3, -0.25) is 14.6 Å². The number of pyridine rings is 1. The molecular weight excluding hydrogens is 330 g/mol. The molecular formula is C19H23N5O2. The van der Waals surface area contributed by atoms with Gasteiger partial charge >= 0.3 is 0 Å². The van der Waals surface area contributed by atoms with E-state index in [1.807, 2.05) is 32.8 Å². The molecule has 0 radical (unpaired) electrons. The van der Waals surface area contributed by atoms with Crippen LogP contribution in [0.25, 0.3) is 11.6 Å². The Labute approximate surface area is 152 Å². The monoisotopic (exact) mass is 353 g/mol. The zero-order valence-electron chi connectivity index (χ0n) is 15.4. The molecule has 2 aromatic heterocycles. The van der Waals surface area contributed by atoms with Gasteiger partial charge in [0.05, 0.1) is 16.8 Å². The lowest BCUT2D eigenvalue weighted by Crippen LogP contribution is -2.31. The number of aryl methyl sites for hydroxylation is 1. The zero-order valence-corrected chi connectivity index (χ0v) is 15.4. The van der Waals surface area contributed by atoms with E-state index in [0.29, 0.717) is 17.7 Å². The number of aromatic nitrogens is 2. The van der Waals surface area contributed by atoms with Gasteiger partial charge in [-0.05, 0) is 45.6 Å². The van der Waals surface area contributed by atoms with Crippen molar-refractivity contribution >= 4 is 29.2 Å². The highest BCUT2D eigenvalue weighted by Gasteiger charge is 2.25. The highest BCUT2D eigenvalue weighted by molar-refractivity contribution is 6.34. The molecule has 1 aliphatic heterocycles. The maximum Gasteiger partial charge on any atom is 0.256 e. The molecule has 3 N–H and O–H groups in total. The van der Waals surface area contributed by atoms with E-state index in [-0.39, 0.29) is 11.8 Å². The van der Waals surface area contributed by atoms with Gasteiger partial charge in [-0.1, -0.05) is 0 Å². The fraction of sp³-hybridized carbons (Fsp3) is 0.316. The summed E-state index contributed by atoms with van der Waals surface area (Å²) >= 11 is 0. The number of likely N-dealkylation sites (N-methyl/N-ethyl adjacent to an activating group) is 1. The van der Waals surface area contributed by atoms with Gasteiger partial charge in [0.1, 0.15) is 0 Å². The van der Waals surface area contributed by atoms with Gasteiger partial charge in [-0.25, -0.2) is 0 Å². The number of amides is 2. The maximum atomic E-state index is 12.5. The topological polar surface area (TPSA) is 90.1 Å². The van der Waals surface area contributed by atoms with E-state index in [0.717, 1.165) is 34.7 Å². The summed E-state index contributed by atoms with van der Waals surface area (Å²) in [7, 11) is 3.92. The Balaban J connectivity index is 1.89. The van der Waals surface area contributed by atoms with Gasteiger partial charge < -0.3 is 20.5 Å². The lowest BCUT2D eigenvalue weighted by atomic mass is 10.1. The average Bonchev–Trinajstić information content (AvgIpc) is 3.04. The molecule has 2 aromatic rings. The van der Waals surface area contributed by atoms with Crippen LogP contribution in [0.5, 0.6) is 0 Å². The number of H-pyrrole nitrogens is 1. The summed E-state index contributed by atoms with van der Waals surface area (Å²) in [5.74, 6) is -0.280. The maximum absolute atomic E-state index is 12.5. The molecule has 26 heavy (non-hydrogen) atoms. The summed E-state index contributed by atoms with van der Waals surface area (Å²) in [5, 5.41) is 5.76. The Kier molecular flexibility index (Phi) is 4.90. The minimum absolute atomic E-state index is 0.110. The summed E-state index contributed by atoms with van der Waals surface area (Å²) in [4.78, 5) is 34.1. The number of hydrogen-bond donors (Lipinski definition) is 3. The molecule has 136 valence electrons. The Bertz CT molecular complexity index is 895. The molecule has 2 amide bonds. The van der Waals surface area contributed by atoms with Crippen molar-refractivity contribution < 1.29 is 9.59 Å². The van der Waals surface area contributed by atoms with Crippen LogP contribution in [0.3, 0.4) is 0 Å². The number of aromatic amines is 1. The van der Waals surface area contributed by atoms with Crippen molar-refractivity contribution in [2.75, 3.05) is 32.5 Å². The summed E-state index contributed by atoms with van der Waals surface area (Å²) < 4.78 is 0. The molecule has 0 spiro atoms. The Morgan fingerprint density at radius 2 is 2.12 bits per heavy atom. The number of rotatable bonds is 5. The van der Waals surface area contributed by atoms with E-state index >= 15 is 0 Å². The van der Waals surface area contributed by atoms with Crippen molar-refractivity contribution in [3.05, 3.63) is 46.5 Å². The molecule has 7 heteroatoms. The first kappa shape index (κ1) is 17.9. The number of hydrogen-bond acceptors (Lipinski definition) is 4. The highest BCUT2D eigenvalue weighted by atomic mass is 16.2. The lowest BCUT2D eigenvalue weighted by molar-refractivity contribution is -0.110. The molecule has 0 saturated carbocycles. The molecule has 0 saturated heterocycles. The van der Waals surface area contributed by atoms with Crippen molar-refractivity contribution in [2.45, 2.75) is 13.8 Å². The van der Waals surface area contributed by atoms with Crippen molar-refractivity contribution in [3.63, 3.8) is 0 Å². The summed E-state index contributed by atoms with van der Waals surface area (Å²) in [6, 6.07) is 1.77. The molecule has 0 aliphatic carbocycles. The average molecular weight is 353 g/mol. The largest absolute Gasteiger partial charge is 0.358 e. The molecule has 7 nitrogen and oxygen atoms in total. The number of carbonyl (C=O) groups excluding carboxylic acids is 2. The predicted molar refractivity (Wildman–Crippen MR) is 102 cm³/mol. The van der Waals surface area contributed by atoms with Crippen LogP contribution in [0.2, 0.25) is 0 Å². The quantitative estimate of drug-likeness (QED) is 0.715. The van der Waals surface area contributed by atoms with Gasteiger partial charge in [0.2, 0.25) is 0 Å². The summed E-state index contributed by atoms with van der Waals surface area (Å²) in [5.41, 5.74) is 5.03. The predicted octanol–water partition coefficient (Wildman–Crippen LogP) is 1.81. The number of fused-ring (bicyclic) bond motifs is 1. The zero-order chi connectivity index (χ0) is 18.8. The smallest absolute Gasteiger partial charge is 0.256 e. The fourth-order valence-electron chi connectivity index (χ4n) is 3.06. The molecule has 0 aromatic carbocycles. The molecule has 0 fully saturated rings. The highest BCUT2D eigenvalue weighted by Crippen LogP contribution is 2.33. The van der Waals surface area contributed by atoms with Crippen LogP contribution in [-0.4, -0.2) is 53.9 Å². The molecule has 0 unspecified atom stereocenters. The van der Waals surface area contributed by atoms with E-state index in [2.05, 4.69) is 20.6 Å². The first-order valence-electron chi connectivity index (χ1n) is 8.48. The lowest BCUT2D eigenvalue weighted by Gasteiger charge is -2.10. The first-order valence-corrected chi connectivity index (χ1v) is 8.48. The second-order valence-electron chi connectivity index (χ2n) is 6.66. The third kappa shape index (κ3) is 3.39. The van der Waals surface area contributed by atoms with E-state index in [1.54, 1.807) is 24.5 Å². The molecule has 0 bridgehead atoms. The van der Waals surface area contributed by atoms with Crippen molar-refractivity contribution in [3.8, 4) is 0 Å². The normalized spacial score (nSPS) is 14.7. The Morgan fingerprint density at radius 1 is 1.35 bits per heavy atom. The van der Waals surface area contributed by atoms with Gasteiger partial charge in [0.15, 0.2) is 0 Å². The summed E-state index contributed by atoms with van der Waals surface area (Å²) in [6.07, 6.45) is 5.09. The van der Waals surface area contributed by atoms with Crippen molar-refractivity contribution in [2.24, 2.45) is 0 Å². The standard InChI is InChI=1S/C19H23N5O2/c1-11-16(9-13-14-10-20-6-5-15(14)23-18(13)25)22-12(2)17(11)19(26)21-7-8-24(3)4/h5-6,9-10,22H,7-8H2,1-4H3,(H,21,26)(H,23,25)/b13-9-. The van der Waals surface area contributed by atoms with Crippen LogP contribution in [0.4, 0.5) is 5.69 Å².